The van der Waals surface area contributed by atoms with Crippen molar-refractivity contribution in [2.24, 2.45) is 10.9 Å². The Hall–Kier alpha value is -1.51. The molecular formula is C21H34IN3O3. The number of nitrogens with zero attached hydrogens (tertiary/aromatic N) is 1. The Bertz CT molecular complexity index is 633. The molecule has 0 atom stereocenters. The van der Waals surface area contributed by atoms with E-state index in [9.17, 15) is 4.79 Å². The Morgan fingerprint density at radius 2 is 2.00 bits per heavy atom. The molecule has 1 fully saturated rings. The van der Waals surface area contributed by atoms with Crippen LogP contribution in [0.25, 0.3) is 0 Å². The van der Waals surface area contributed by atoms with Gasteiger partial charge in [0.15, 0.2) is 5.96 Å². The van der Waals surface area contributed by atoms with Crippen molar-refractivity contribution in [1.29, 1.82) is 0 Å². The van der Waals surface area contributed by atoms with Crippen LogP contribution in [0.4, 0.5) is 0 Å². The van der Waals surface area contributed by atoms with E-state index in [2.05, 4.69) is 45.5 Å². The van der Waals surface area contributed by atoms with Gasteiger partial charge in [-0.25, -0.2) is 0 Å². The van der Waals surface area contributed by atoms with Gasteiger partial charge in [-0.15, -0.1) is 24.0 Å². The minimum atomic E-state index is -0.141. The van der Waals surface area contributed by atoms with Crippen LogP contribution in [0.15, 0.2) is 23.2 Å². The van der Waals surface area contributed by atoms with Crippen LogP contribution in [0.5, 0.6) is 5.75 Å². The van der Waals surface area contributed by atoms with Gasteiger partial charge in [0.1, 0.15) is 5.75 Å². The molecule has 7 heteroatoms. The molecule has 0 heterocycles. The summed E-state index contributed by atoms with van der Waals surface area (Å²) < 4.78 is 10.7. The number of benzene rings is 1. The number of aryl methyl sites for hydroxylation is 1. The third kappa shape index (κ3) is 9.61. The first-order valence-corrected chi connectivity index (χ1v) is 9.86. The van der Waals surface area contributed by atoms with E-state index >= 15 is 0 Å². The zero-order valence-corrected chi connectivity index (χ0v) is 19.6. The summed E-state index contributed by atoms with van der Waals surface area (Å²) in [6.07, 6.45) is 5.88. The van der Waals surface area contributed by atoms with E-state index in [4.69, 9.17) is 4.74 Å². The second-order valence-corrected chi connectivity index (χ2v) is 7.10. The van der Waals surface area contributed by atoms with Gasteiger partial charge in [0.05, 0.1) is 13.7 Å². The van der Waals surface area contributed by atoms with Crippen molar-refractivity contribution < 1.29 is 14.3 Å². The van der Waals surface area contributed by atoms with E-state index in [1.807, 2.05) is 0 Å². The lowest BCUT2D eigenvalue weighted by Gasteiger charge is -2.15. The van der Waals surface area contributed by atoms with Gasteiger partial charge in [0.25, 0.3) is 0 Å². The third-order valence-corrected chi connectivity index (χ3v) is 4.64. The lowest BCUT2D eigenvalue weighted by molar-refractivity contribution is -0.140. The molecule has 0 unspecified atom stereocenters. The summed E-state index contributed by atoms with van der Waals surface area (Å²) in [4.78, 5) is 15.4. The number of carbonyl (C=O) groups is 1. The molecule has 1 aliphatic carbocycles. The molecule has 0 radical (unpaired) electrons. The Balaban J connectivity index is 0.00000392. The molecule has 0 aromatic heterocycles. The smallest absolute Gasteiger partial charge is 0.305 e. The number of ether oxygens (including phenoxy) is 2. The molecular weight excluding hydrogens is 469 g/mol. The minimum Gasteiger partial charge on any atom is -0.493 e. The van der Waals surface area contributed by atoms with Crippen molar-refractivity contribution in [2.45, 2.75) is 52.0 Å². The van der Waals surface area contributed by atoms with Gasteiger partial charge in [-0.1, -0.05) is 18.6 Å². The van der Waals surface area contributed by atoms with Crippen LogP contribution in [0.1, 0.15) is 49.7 Å². The molecule has 0 amide bonds. The summed E-state index contributed by atoms with van der Waals surface area (Å²) in [6, 6.07) is 6.33. The number of methoxy groups -OCH3 is 1. The summed E-state index contributed by atoms with van der Waals surface area (Å²) in [5.74, 6) is 2.34. The third-order valence-electron chi connectivity index (χ3n) is 4.64. The van der Waals surface area contributed by atoms with Gasteiger partial charge in [0.2, 0.25) is 0 Å². The second kappa shape index (κ2) is 13.6. The first-order chi connectivity index (χ1) is 13.1. The number of unbranched alkanes of at least 4 members (excludes halogenated alkanes) is 2. The molecule has 0 saturated heterocycles. The van der Waals surface area contributed by atoms with E-state index in [0.29, 0.717) is 13.0 Å². The summed E-state index contributed by atoms with van der Waals surface area (Å²) in [7, 11) is 3.20. The first kappa shape index (κ1) is 24.5. The fourth-order valence-corrected chi connectivity index (χ4v) is 2.71. The van der Waals surface area contributed by atoms with Crippen molar-refractivity contribution in [3.63, 3.8) is 0 Å². The largest absolute Gasteiger partial charge is 0.493 e. The molecule has 0 aliphatic heterocycles. The van der Waals surface area contributed by atoms with Crippen LogP contribution in [-0.2, 0) is 16.1 Å². The molecule has 1 aromatic rings. The lowest BCUT2D eigenvalue weighted by Crippen LogP contribution is -2.37. The van der Waals surface area contributed by atoms with Crippen LogP contribution in [0, 0.1) is 12.8 Å². The Morgan fingerprint density at radius 1 is 1.21 bits per heavy atom. The number of hydrogen-bond acceptors (Lipinski definition) is 4. The fourth-order valence-electron chi connectivity index (χ4n) is 2.71. The number of aliphatic imine (C=N–C) groups is 1. The van der Waals surface area contributed by atoms with Gasteiger partial charge in [-0.3, -0.25) is 9.79 Å². The summed E-state index contributed by atoms with van der Waals surface area (Å²) in [5.41, 5.74) is 2.35. The predicted molar refractivity (Wildman–Crippen MR) is 123 cm³/mol. The number of carbonyl (C=O) groups excluding carboxylic acids is 1. The standard InChI is InChI=1S/C21H33N3O3.HI/c1-16-8-11-18(19(13-16)27-15-17-9-10-17)14-24-21(22-2)23-12-6-4-5-7-20(25)26-3;/h8,11,13,17H,4-7,9-10,12,14-15H2,1-3H3,(H2,22,23,24);1H. The zero-order valence-electron chi connectivity index (χ0n) is 17.3. The molecule has 6 nitrogen and oxygen atoms in total. The Morgan fingerprint density at radius 3 is 2.68 bits per heavy atom. The molecule has 1 aromatic carbocycles. The topological polar surface area (TPSA) is 72.0 Å². The number of nitrogens with one attached hydrogen (secondary N) is 2. The molecule has 28 heavy (non-hydrogen) atoms. The van der Waals surface area contributed by atoms with Gasteiger partial charge in [-0.05, 0) is 50.2 Å². The highest BCUT2D eigenvalue weighted by Gasteiger charge is 2.22. The Kier molecular flexibility index (Phi) is 11.9. The maximum Gasteiger partial charge on any atom is 0.305 e. The van der Waals surface area contributed by atoms with E-state index in [1.54, 1.807) is 7.05 Å². The molecule has 2 rings (SSSR count). The normalized spacial score (nSPS) is 13.5. The number of rotatable bonds is 11. The van der Waals surface area contributed by atoms with E-state index in [0.717, 1.165) is 55.6 Å². The summed E-state index contributed by atoms with van der Waals surface area (Å²) >= 11 is 0. The van der Waals surface area contributed by atoms with Gasteiger partial charge in [0, 0.05) is 32.1 Å². The van der Waals surface area contributed by atoms with Crippen molar-refractivity contribution in [2.75, 3.05) is 27.3 Å². The number of halogens is 1. The number of hydrogen-bond donors (Lipinski definition) is 2. The monoisotopic (exact) mass is 503 g/mol. The highest BCUT2D eigenvalue weighted by Crippen LogP contribution is 2.30. The summed E-state index contributed by atoms with van der Waals surface area (Å²) in [5, 5.41) is 6.67. The van der Waals surface area contributed by atoms with Crippen molar-refractivity contribution >= 4 is 35.9 Å². The second-order valence-electron chi connectivity index (χ2n) is 7.10. The predicted octanol–water partition coefficient (Wildman–Crippen LogP) is 3.80. The number of esters is 1. The molecule has 0 bridgehead atoms. The molecule has 158 valence electrons. The fraction of sp³-hybridized carbons (Fsp3) is 0.619. The first-order valence-electron chi connectivity index (χ1n) is 9.86. The molecule has 1 aliphatic rings. The van der Waals surface area contributed by atoms with Crippen molar-refractivity contribution in [3.05, 3.63) is 29.3 Å². The van der Waals surface area contributed by atoms with E-state index in [-0.39, 0.29) is 29.9 Å². The van der Waals surface area contributed by atoms with Crippen LogP contribution >= 0.6 is 24.0 Å². The highest BCUT2D eigenvalue weighted by atomic mass is 127. The van der Waals surface area contributed by atoms with Crippen LogP contribution in [-0.4, -0.2) is 39.2 Å². The van der Waals surface area contributed by atoms with Gasteiger partial charge in [-0.2, -0.15) is 0 Å². The number of guanidine groups is 1. The zero-order chi connectivity index (χ0) is 19.5. The van der Waals surface area contributed by atoms with Crippen LogP contribution in [0.2, 0.25) is 0 Å². The van der Waals surface area contributed by atoms with Gasteiger partial charge >= 0.3 is 5.97 Å². The molecule has 2 N–H and O–H groups in total. The maximum absolute atomic E-state index is 11.1. The summed E-state index contributed by atoms with van der Waals surface area (Å²) in [6.45, 7) is 4.39. The van der Waals surface area contributed by atoms with Crippen LogP contribution in [0.3, 0.4) is 0 Å². The van der Waals surface area contributed by atoms with E-state index in [1.165, 1.54) is 25.5 Å². The van der Waals surface area contributed by atoms with Gasteiger partial charge < -0.3 is 20.1 Å². The van der Waals surface area contributed by atoms with E-state index < -0.39 is 0 Å². The average molecular weight is 503 g/mol. The lowest BCUT2D eigenvalue weighted by atomic mass is 10.1. The maximum atomic E-state index is 11.1. The van der Waals surface area contributed by atoms with Crippen LogP contribution < -0.4 is 15.4 Å². The minimum absolute atomic E-state index is 0. The average Bonchev–Trinajstić information content (AvgIpc) is 3.50. The molecule has 0 spiro atoms. The Labute approximate surface area is 185 Å². The van der Waals surface area contributed by atoms with Crippen molar-refractivity contribution in [3.8, 4) is 5.75 Å². The SMILES string of the molecule is CN=C(NCCCCCC(=O)OC)NCc1ccc(C)cc1OCC1CC1.I. The molecule has 1 saturated carbocycles. The highest BCUT2D eigenvalue weighted by molar-refractivity contribution is 14.0. The quantitative estimate of drug-likeness (QED) is 0.158. The van der Waals surface area contributed by atoms with Crippen molar-refractivity contribution in [1.82, 2.24) is 10.6 Å².